The molecule has 2 N–H and O–H groups in total. The number of carbonyl (C=O) groups is 1. The summed E-state index contributed by atoms with van der Waals surface area (Å²) in [5.41, 5.74) is 2.21. The number of morpholine rings is 1. The summed E-state index contributed by atoms with van der Waals surface area (Å²) in [4.78, 5) is 14.5. The Morgan fingerprint density at radius 1 is 1.00 bits per heavy atom. The van der Waals surface area contributed by atoms with Crippen molar-refractivity contribution in [1.29, 1.82) is 0 Å². The van der Waals surface area contributed by atoms with Gasteiger partial charge in [0.15, 0.2) is 0 Å². The molecular weight excluding hydrogens is 349 g/mol. The maximum absolute atomic E-state index is 12.3. The summed E-state index contributed by atoms with van der Waals surface area (Å²) in [5, 5.41) is 6.51. The number of para-hydroxylation sites is 2. The average molecular weight is 366 g/mol. The highest BCUT2D eigenvalue weighted by Gasteiger charge is 2.16. The lowest BCUT2D eigenvalue weighted by Gasteiger charge is -2.30. The smallest absolute Gasteiger partial charge is 0.323 e. The molecule has 3 rings (SSSR count). The fraction of sp³-hybridized carbons (Fsp3) is 0.235. The number of anilines is 3. The van der Waals surface area contributed by atoms with Gasteiger partial charge in [0.05, 0.1) is 35.3 Å². The third kappa shape index (κ3) is 4.12. The van der Waals surface area contributed by atoms with Crippen LogP contribution in [0.5, 0.6) is 0 Å². The number of benzene rings is 2. The van der Waals surface area contributed by atoms with E-state index < -0.39 is 0 Å². The second-order valence-corrected chi connectivity index (χ2v) is 6.16. The van der Waals surface area contributed by atoms with Gasteiger partial charge in [-0.2, -0.15) is 0 Å². The lowest BCUT2D eigenvalue weighted by atomic mass is 10.2. The molecule has 1 saturated heterocycles. The van der Waals surface area contributed by atoms with Crippen LogP contribution < -0.4 is 15.5 Å². The van der Waals surface area contributed by atoms with Crippen LogP contribution in [0.4, 0.5) is 21.9 Å². The van der Waals surface area contributed by atoms with Crippen LogP contribution in [0.2, 0.25) is 10.0 Å². The molecule has 0 radical (unpaired) electrons. The molecule has 0 unspecified atom stereocenters. The van der Waals surface area contributed by atoms with Gasteiger partial charge < -0.3 is 20.3 Å². The van der Waals surface area contributed by atoms with Crippen molar-refractivity contribution in [2.45, 2.75) is 0 Å². The van der Waals surface area contributed by atoms with E-state index in [4.69, 9.17) is 27.9 Å². The lowest BCUT2D eigenvalue weighted by Crippen LogP contribution is -2.37. The summed E-state index contributed by atoms with van der Waals surface area (Å²) < 4.78 is 5.38. The van der Waals surface area contributed by atoms with E-state index in [0.717, 1.165) is 24.5 Å². The zero-order valence-corrected chi connectivity index (χ0v) is 14.4. The van der Waals surface area contributed by atoms with Crippen LogP contribution in [0, 0.1) is 0 Å². The van der Waals surface area contributed by atoms with Gasteiger partial charge in [-0.1, -0.05) is 35.3 Å². The molecule has 5 nitrogen and oxygen atoms in total. The molecule has 1 aliphatic heterocycles. The maximum atomic E-state index is 12.3. The Bertz CT molecular complexity index is 734. The zero-order valence-electron chi connectivity index (χ0n) is 12.9. The number of hydrogen-bond acceptors (Lipinski definition) is 3. The third-order valence-electron chi connectivity index (χ3n) is 3.68. The molecule has 126 valence electrons. The van der Waals surface area contributed by atoms with Gasteiger partial charge in [-0.3, -0.25) is 0 Å². The largest absolute Gasteiger partial charge is 0.378 e. The van der Waals surface area contributed by atoms with Gasteiger partial charge in [0.25, 0.3) is 0 Å². The van der Waals surface area contributed by atoms with E-state index in [0.29, 0.717) is 28.9 Å². The maximum Gasteiger partial charge on any atom is 0.323 e. The van der Waals surface area contributed by atoms with Gasteiger partial charge in [-0.25, -0.2) is 4.79 Å². The quantitative estimate of drug-likeness (QED) is 0.843. The van der Waals surface area contributed by atoms with Crippen molar-refractivity contribution in [3.63, 3.8) is 0 Å². The number of amides is 2. The van der Waals surface area contributed by atoms with E-state index in [1.165, 1.54) is 0 Å². The highest BCUT2D eigenvalue weighted by atomic mass is 35.5. The number of rotatable bonds is 3. The Morgan fingerprint density at radius 3 is 2.46 bits per heavy atom. The van der Waals surface area contributed by atoms with E-state index in [2.05, 4.69) is 15.5 Å². The van der Waals surface area contributed by atoms with Crippen molar-refractivity contribution in [1.82, 2.24) is 0 Å². The molecule has 0 aromatic heterocycles. The van der Waals surface area contributed by atoms with Crippen LogP contribution in [0.15, 0.2) is 42.5 Å². The number of urea groups is 1. The summed E-state index contributed by atoms with van der Waals surface area (Å²) in [6.07, 6.45) is 0. The molecule has 7 heteroatoms. The molecule has 0 bridgehead atoms. The summed E-state index contributed by atoms with van der Waals surface area (Å²) in [6, 6.07) is 12.2. The summed E-state index contributed by atoms with van der Waals surface area (Å²) in [6.45, 7) is 2.95. The molecule has 1 heterocycles. The van der Waals surface area contributed by atoms with Gasteiger partial charge in [0, 0.05) is 18.1 Å². The van der Waals surface area contributed by atoms with Gasteiger partial charge >= 0.3 is 6.03 Å². The van der Waals surface area contributed by atoms with Crippen LogP contribution in [0.1, 0.15) is 0 Å². The zero-order chi connectivity index (χ0) is 16.9. The van der Waals surface area contributed by atoms with E-state index >= 15 is 0 Å². The van der Waals surface area contributed by atoms with E-state index in [1.807, 2.05) is 24.3 Å². The van der Waals surface area contributed by atoms with Crippen molar-refractivity contribution in [3.8, 4) is 0 Å². The fourth-order valence-corrected chi connectivity index (χ4v) is 2.98. The first-order valence-electron chi connectivity index (χ1n) is 7.58. The molecule has 0 atom stereocenters. The summed E-state index contributed by atoms with van der Waals surface area (Å²) in [5.74, 6) is 0. The molecule has 1 aliphatic rings. The van der Waals surface area contributed by atoms with Crippen molar-refractivity contribution >= 4 is 46.3 Å². The molecule has 0 saturated carbocycles. The van der Waals surface area contributed by atoms with Crippen molar-refractivity contribution in [2.75, 3.05) is 41.8 Å². The van der Waals surface area contributed by atoms with E-state index in [1.54, 1.807) is 18.2 Å². The Labute approximate surface area is 150 Å². The molecule has 2 aromatic rings. The first-order chi connectivity index (χ1) is 11.6. The molecule has 0 spiro atoms. The van der Waals surface area contributed by atoms with E-state index in [-0.39, 0.29) is 6.03 Å². The number of hydrogen-bond donors (Lipinski definition) is 2. The first-order valence-corrected chi connectivity index (χ1v) is 8.34. The molecule has 2 aromatic carbocycles. The van der Waals surface area contributed by atoms with Crippen molar-refractivity contribution in [3.05, 3.63) is 52.5 Å². The number of ether oxygens (including phenoxy) is 1. The van der Waals surface area contributed by atoms with Gasteiger partial charge in [0.2, 0.25) is 0 Å². The highest BCUT2D eigenvalue weighted by molar-refractivity contribution is 6.36. The van der Waals surface area contributed by atoms with Gasteiger partial charge in [-0.15, -0.1) is 0 Å². The van der Waals surface area contributed by atoms with Crippen LogP contribution in [-0.4, -0.2) is 32.3 Å². The minimum Gasteiger partial charge on any atom is -0.378 e. The summed E-state index contributed by atoms with van der Waals surface area (Å²) >= 11 is 11.9. The normalized spacial score (nSPS) is 14.3. The van der Waals surface area contributed by atoms with Crippen LogP contribution >= 0.6 is 23.2 Å². The van der Waals surface area contributed by atoms with Gasteiger partial charge in [0.1, 0.15) is 0 Å². The van der Waals surface area contributed by atoms with Gasteiger partial charge in [-0.05, 0) is 30.3 Å². The number of carbonyl (C=O) groups excluding carboxylic acids is 1. The average Bonchev–Trinajstić information content (AvgIpc) is 2.59. The van der Waals surface area contributed by atoms with Crippen molar-refractivity contribution < 1.29 is 9.53 Å². The second-order valence-electron chi connectivity index (χ2n) is 5.32. The van der Waals surface area contributed by atoms with Crippen LogP contribution in [-0.2, 0) is 4.74 Å². The Morgan fingerprint density at radius 2 is 1.71 bits per heavy atom. The molecule has 2 amide bonds. The SMILES string of the molecule is O=C(Nc1ccc(Cl)cc1Cl)Nc1ccccc1N1CCOCC1. The predicted octanol–water partition coefficient (Wildman–Crippen LogP) is 4.47. The minimum absolute atomic E-state index is 0.361. The fourth-order valence-electron chi connectivity index (χ4n) is 2.53. The van der Waals surface area contributed by atoms with Crippen LogP contribution in [0.25, 0.3) is 0 Å². The van der Waals surface area contributed by atoms with Crippen molar-refractivity contribution in [2.24, 2.45) is 0 Å². The van der Waals surface area contributed by atoms with Crippen LogP contribution in [0.3, 0.4) is 0 Å². The summed E-state index contributed by atoms with van der Waals surface area (Å²) in [7, 11) is 0. The molecule has 24 heavy (non-hydrogen) atoms. The van der Waals surface area contributed by atoms with E-state index in [9.17, 15) is 4.79 Å². The number of nitrogens with one attached hydrogen (secondary N) is 2. The first kappa shape index (κ1) is 16.9. The number of halogens is 2. The Balaban J connectivity index is 1.72. The Kier molecular flexibility index (Phi) is 5.45. The number of nitrogens with zero attached hydrogens (tertiary/aromatic N) is 1. The standard InChI is InChI=1S/C17H17Cl2N3O2/c18-12-5-6-14(13(19)11-12)20-17(23)21-15-3-1-2-4-16(15)22-7-9-24-10-8-22/h1-6,11H,7-10H2,(H2,20,21,23). The second kappa shape index (κ2) is 7.75. The highest BCUT2D eigenvalue weighted by Crippen LogP contribution is 2.28. The monoisotopic (exact) mass is 365 g/mol. The predicted molar refractivity (Wildman–Crippen MR) is 98.6 cm³/mol. The molecular formula is C17H17Cl2N3O2. The third-order valence-corrected chi connectivity index (χ3v) is 4.23. The molecule has 0 aliphatic carbocycles. The minimum atomic E-state index is -0.361. The topological polar surface area (TPSA) is 53.6 Å². The lowest BCUT2D eigenvalue weighted by molar-refractivity contribution is 0.123. The molecule has 1 fully saturated rings. The Hall–Kier alpha value is -1.95.